The van der Waals surface area contributed by atoms with E-state index in [2.05, 4.69) is 19.1 Å². The minimum atomic E-state index is 0. The normalized spacial score (nSPS) is 11.6. The molecule has 0 heterocycles. The van der Waals surface area contributed by atoms with E-state index in [1.165, 1.54) is 0 Å². The summed E-state index contributed by atoms with van der Waals surface area (Å²) in [5.41, 5.74) is 8.13. The van der Waals surface area contributed by atoms with Crippen LogP contribution in [0, 0.1) is 0 Å². The predicted molar refractivity (Wildman–Crippen MR) is 78.1 cm³/mol. The second kappa shape index (κ2) is 8.22. The van der Waals surface area contributed by atoms with Crippen molar-refractivity contribution in [3.63, 3.8) is 0 Å². The van der Waals surface area contributed by atoms with Crippen LogP contribution in [0.25, 0.3) is 0 Å². The number of rotatable bonds is 6. The van der Waals surface area contributed by atoms with Gasteiger partial charge in [-0.1, -0.05) is 13.3 Å². The van der Waals surface area contributed by atoms with Gasteiger partial charge in [-0.15, -0.1) is 12.4 Å². The number of hydrogen-bond acceptors (Lipinski definition) is 3. The van der Waals surface area contributed by atoms with Crippen molar-refractivity contribution < 1.29 is 9.47 Å². The molecular weight excluding hydrogens is 250 g/mol. The van der Waals surface area contributed by atoms with Crippen LogP contribution in [0.1, 0.15) is 31.4 Å². The quantitative estimate of drug-likeness (QED) is 0.867. The standard InChI is InChI=1S/C14H23NO2.ClH/c1-5-6-12-13(16-3)8-11(7-10(2)15)9-14(12)17-4;/h8-10H,5-7,15H2,1-4H3;1H. The monoisotopic (exact) mass is 273 g/mol. The van der Waals surface area contributed by atoms with E-state index in [9.17, 15) is 0 Å². The molecule has 0 radical (unpaired) electrons. The first kappa shape index (κ1) is 17.1. The Morgan fingerprint density at radius 1 is 1.17 bits per heavy atom. The highest BCUT2D eigenvalue weighted by Gasteiger charge is 2.12. The summed E-state index contributed by atoms with van der Waals surface area (Å²) in [7, 11) is 3.40. The van der Waals surface area contributed by atoms with Crippen molar-refractivity contribution in [3.8, 4) is 11.5 Å². The molecule has 1 atom stereocenters. The predicted octanol–water partition coefficient (Wildman–Crippen LogP) is 2.97. The van der Waals surface area contributed by atoms with Gasteiger partial charge in [0.15, 0.2) is 0 Å². The van der Waals surface area contributed by atoms with Crippen molar-refractivity contribution in [2.45, 2.75) is 39.2 Å². The molecule has 18 heavy (non-hydrogen) atoms. The van der Waals surface area contributed by atoms with Crippen LogP contribution in [0.5, 0.6) is 11.5 Å². The molecule has 0 bridgehead atoms. The molecule has 104 valence electrons. The molecule has 0 fully saturated rings. The van der Waals surface area contributed by atoms with E-state index in [0.717, 1.165) is 41.9 Å². The third kappa shape index (κ3) is 4.39. The topological polar surface area (TPSA) is 44.5 Å². The minimum Gasteiger partial charge on any atom is -0.496 e. The average molecular weight is 274 g/mol. The lowest BCUT2D eigenvalue weighted by molar-refractivity contribution is 0.384. The number of ether oxygens (including phenoxy) is 2. The lowest BCUT2D eigenvalue weighted by Gasteiger charge is -2.15. The van der Waals surface area contributed by atoms with Crippen LogP contribution in [-0.4, -0.2) is 20.3 Å². The SMILES string of the molecule is CCCc1c(OC)cc(CC(C)N)cc1OC.Cl. The number of hydrogen-bond donors (Lipinski definition) is 1. The fourth-order valence-corrected chi connectivity index (χ4v) is 2.02. The summed E-state index contributed by atoms with van der Waals surface area (Å²) in [4.78, 5) is 0. The fraction of sp³-hybridized carbons (Fsp3) is 0.571. The Morgan fingerprint density at radius 3 is 2.00 bits per heavy atom. The molecule has 1 rings (SSSR count). The van der Waals surface area contributed by atoms with Crippen molar-refractivity contribution >= 4 is 12.4 Å². The fourth-order valence-electron chi connectivity index (χ4n) is 2.02. The van der Waals surface area contributed by atoms with Gasteiger partial charge in [-0.2, -0.15) is 0 Å². The Bertz CT molecular complexity index is 342. The number of benzene rings is 1. The molecule has 0 aromatic heterocycles. The lowest BCUT2D eigenvalue weighted by atomic mass is 10.0. The minimum absolute atomic E-state index is 0. The molecule has 2 N–H and O–H groups in total. The molecule has 0 saturated heterocycles. The first-order valence-electron chi connectivity index (χ1n) is 6.11. The van der Waals surface area contributed by atoms with E-state index < -0.39 is 0 Å². The van der Waals surface area contributed by atoms with Gasteiger partial charge < -0.3 is 15.2 Å². The van der Waals surface area contributed by atoms with Crippen LogP contribution >= 0.6 is 12.4 Å². The van der Waals surface area contributed by atoms with Gasteiger partial charge in [-0.05, 0) is 37.5 Å². The highest BCUT2D eigenvalue weighted by Crippen LogP contribution is 2.32. The first-order chi connectivity index (χ1) is 8.12. The summed E-state index contributed by atoms with van der Waals surface area (Å²) in [5, 5.41) is 0. The van der Waals surface area contributed by atoms with E-state index in [0.29, 0.717) is 0 Å². The molecule has 3 nitrogen and oxygen atoms in total. The summed E-state index contributed by atoms with van der Waals surface area (Å²) in [6.45, 7) is 4.15. The first-order valence-corrected chi connectivity index (χ1v) is 6.11. The zero-order chi connectivity index (χ0) is 12.8. The van der Waals surface area contributed by atoms with E-state index in [1.807, 2.05) is 6.92 Å². The van der Waals surface area contributed by atoms with Gasteiger partial charge >= 0.3 is 0 Å². The Kier molecular flexibility index (Phi) is 7.80. The smallest absolute Gasteiger partial charge is 0.126 e. The van der Waals surface area contributed by atoms with Crippen LogP contribution < -0.4 is 15.2 Å². The van der Waals surface area contributed by atoms with Crippen molar-refractivity contribution in [1.29, 1.82) is 0 Å². The summed E-state index contributed by atoms with van der Waals surface area (Å²) in [6.07, 6.45) is 2.86. The molecule has 1 aromatic carbocycles. The average Bonchev–Trinajstić information content (AvgIpc) is 2.30. The van der Waals surface area contributed by atoms with Gasteiger partial charge in [0.25, 0.3) is 0 Å². The van der Waals surface area contributed by atoms with Crippen LogP contribution in [0.3, 0.4) is 0 Å². The van der Waals surface area contributed by atoms with Gasteiger partial charge in [-0.3, -0.25) is 0 Å². The van der Waals surface area contributed by atoms with Gasteiger partial charge in [-0.25, -0.2) is 0 Å². The maximum atomic E-state index is 5.82. The van der Waals surface area contributed by atoms with Gasteiger partial charge in [0.1, 0.15) is 11.5 Å². The molecule has 0 amide bonds. The third-order valence-corrected chi connectivity index (χ3v) is 2.73. The van der Waals surface area contributed by atoms with Crippen LogP contribution in [0.15, 0.2) is 12.1 Å². The molecular formula is C14H24ClNO2. The van der Waals surface area contributed by atoms with E-state index in [-0.39, 0.29) is 18.4 Å². The summed E-state index contributed by atoms with van der Waals surface area (Å²) in [5.74, 6) is 1.81. The molecule has 4 heteroatoms. The molecule has 0 saturated carbocycles. The Hall–Kier alpha value is -0.930. The molecule has 1 aromatic rings. The molecule has 1 unspecified atom stereocenters. The van der Waals surface area contributed by atoms with Gasteiger partial charge in [0, 0.05) is 11.6 Å². The zero-order valence-electron chi connectivity index (χ0n) is 11.7. The van der Waals surface area contributed by atoms with Crippen molar-refractivity contribution in [2.24, 2.45) is 5.73 Å². The number of nitrogens with two attached hydrogens (primary N) is 1. The van der Waals surface area contributed by atoms with Gasteiger partial charge in [0.05, 0.1) is 14.2 Å². The van der Waals surface area contributed by atoms with E-state index in [1.54, 1.807) is 14.2 Å². The summed E-state index contributed by atoms with van der Waals surface area (Å²) in [6, 6.07) is 4.27. The van der Waals surface area contributed by atoms with Crippen LogP contribution in [0.2, 0.25) is 0 Å². The van der Waals surface area contributed by atoms with E-state index in [4.69, 9.17) is 15.2 Å². The maximum Gasteiger partial charge on any atom is 0.126 e. The Balaban J connectivity index is 0.00000289. The van der Waals surface area contributed by atoms with Crippen molar-refractivity contribution in [1.82, 2.24) is 0 Å². The maximum absolute atomic E-state index is 5.82. The summed E-state index contributed by atoms with van der Waals surface area (Å²) >= 11 is 0. The highest BCUT2D eigenvalue weighted by atomic mass is 35.5. The molecule has 0 aliphatic heterocycles. The van der Waals surface area contributed by atoms with Crippen molar-refractivity contribution in [3.05, 3.63) is 23.3 Å². The molecule has 0 aliphatic carbocycles. The Labute approximate surface area is 116 Å². The zero-order valence-corrected chi connectivity index (χ0v) is 12.5. The van der Waals surface area contributed by atoms with E-state index >= 15 is 0 Å². The second-order valence-corrected chi connectivity index (χ2v) is 4.41. The van der Waals surface area contributed by atoms with Crippen molar-refractivity contribution in [2.75, 3.05) is 14.2 Å². The number of halogens is 1. The second-order valence-electron chi connectivity index (χ2n) is 4.41. The summed E-state index contributed by atoms with van der Waals surface area (Å²) < 4.78 is 10.9. The number of methoxy groups -OCH3 is 2. The Morgan fingerprint density at radius 2 is 1.67 bits per heavy atom. The van der Waals surface area contributed by atoms with Crippen LogP contribution in [-0.2, 0) is 12.8 Å². The van der Waals surface area contributed by atoms with Crippen LogP contribution in [0.4, 0.5) is 0 Å². The van der Waals surface area contributed by atoms with Gasteiger partial charge in [0.2, 0.25) is 0 Å². The molecule has 0 aliphatic rings. The highest BCUT2D eigenvalue weighted by molar-refractivity contribution is 5.85. The molecule has 0 spiro atoms. The lowest BCUT2D eigenvalue weighted by Crippen LogP contribution is -2.18. The largest absolute Gasteiger partial charge is 0.496 e. The third-order valence-electron chi connectivity index (χ3n) is 2.73.